The maximum atomic E-state index is 11.3. The highest BCUT2D eigenvalue weighted by Gasteiger charge is 2.23. The Morgan fingerprint density at radius 1 is 1.73 bits per heavy atom. The van der Waals surface area contributed by atoms with Gasteiger partial charge in [0.05, 0.1) is 18.5 Å². The molecule has 1 unspecified atom stereocenters. The van der Waals surface area contributed by atoms with E-state index < -0.39 is 12.0 Å². The van der Waals surface area contributed by atoms with Crippen molar-refractivity contribution in [3.63, 3.8) is 0 Å². The van der Waals surface area contributed by atoms with Crippen LogP contribution in [0, 0.1) is 6.92 Å². The Kier molecular flexibility index (Phi) is 2.45. The molecular weight excluding hydrogens is 214 g/mol. The first-order chi connectivity index (χ1) is 7.15. The predicted octanol–water partition coefficient (Wildman–Crippen LogP) is 0.877. The Morgan fingerprint density at radius 2 is 2.47 bits per heavy atom. The lowest BCUT2D eigenvalue weighted by molar-refractivity contribution is -0.142. The molecule has 1 atom stereocenters. The van der Waals surface area contributed by atoms with E-state index in [1.54, 1.807) is 0 Å². The summed E-state index contributed by atoms with van der Waals surface area (Å²) < 4.78 is 6.44. The van der Waals surface area contributed by atoms with E-state index in [2.05, 4.69) is 9.72 Å². The molecule has 80 valence electrons. The van der Waals surface area contributed by atoms with Gasteiger partial charge < -0.3 is 10.5 Å². The second-order valence-electron chi connectivity index (χ2n) is 3.14. The molecule has 0 saturated carbocycles. The summed E-state index contributed by atoms with van der Waals surface area (Å²) in [5, 5.41) is 1.90. The number of fused-ring (bicyclic) bond motifs is 1. The molecule has 0 aliphatic rings. The number of aromatic nitrogens is 2. The predicted molar refractivity (Wildman–Crippen MR) is 56.8 cm³/mol. The van der Waals surface area contributed by atoms with Crippen LogP contribution in [0.4, 0.5) is 0 Å². The fraction of sp³-hybridized carbons (Fsp3) is 0.333. The van der Waals surface area contributed by atoms with E-state index in [4.69, 9.17) is 5.73 Å². The van der Waals surface area contributed by atoms with Gasteiger partial charge in [-0.25, -0.2) is 9.78 Å². The van der Waals surface area contributed by atoms with Gasteiger partial charge in [-0.15, -0.1) is 11.3 Å². The van der Waals surface area contributed by atoms with Crippen molar-refractivity contribution in [3.8, 4) is 0 Å². The average Bonchev–Trinajstić information content (AvgIpc) is 2.75. The zero-order valence-electron chi connectivity index (χ0n) is 8.43. The number of imidazole rings is 1. The van der Waals surface area contributed by atoms with Crippen molar-refractivity contribution in [2.75, 3.05) is 7.11 Å². The summed E-state index contributed by atoms with van der Waals surface area (Å²) in [6, 6.07) is -0.778. The lowest BCUT2D eigenvalue weighted by atomic mass is 10.2. The third-order valence-electron chi connectivity index (χ3n) is 2.23. The normalized spacial score (nSPS) is 13.0. The van der Waals surface area contributed by atoms with Gasteiger partial charge in [0, 0.05) is 11.6 Å². The van der Waals surface area contributed by atoms with Crippen molar-refractivity contribution in [3.05, 3.63) is 23.0 Å². The van der Waals surface area contributed by atoms with Crippen LogP contribution in [0.15, 0.2) is 11.6 Å². The maximum absolute atomic E-state index is 11.3. The topological polar surface area (TPSA) is 69.6 Å². The first-order valence-corrected chi connectivity index (χ1v) is 5.28. The summed E-state index contributed by atoms with van der Waals surface area (Å²) >= 11 is 1.50. The van der Waals surface area contributed by atoms with E-state index in [0.29, 0.717) is 5.69 Å². The largest absolute Gasteiger partial charge is 0.468 e. The number of aryl methyl sites for hydroxylation is 1. The fourth-order valence-corrected chi connectivity index (χ4v) is 2.29. The third-order valence-corrected chi connectivity index (χ3v) is 2.99. The summed E-state index contributed by atoms with van der Waals surface area (Å²) in [4.78, 5) is 16.5. The number of thiazole rings is 1. The van der Waals surface area contributed by atoms with Gasteiger partial charge in [-0.05, 0) is 6.92 Å². The van der Waals surface area contributed by atoms with Crippen molar-refractivity contribution < 1.29 is 9.53 Å². The number of esters is 1. The number of carbonyl (C=O) groups is 1. The van der Waals surface area contributed by atoms with Gasteiger partial charge in [-0.1, -0.05) is 0 Å². The number of hydrogen-bond donors (Lipinski definition) is 1. The quantitative estimate of drug-likeness (QED) is 0.770. The van der Waals surface area contributed by atoms with E-state index in [9.17, 15) is 4.79 Å². The van der Waals surface area contributed by atoms with Gasteiger partial charge in [0.2, 0.25) is 0 Å². The van der Waals surface area contributed by atoms with Gasteiger partial charge in [0.25, 0.3) is 0 Å². The van der Waals surface area contributed by atoms with Gasteiger partial charge in [0.1, 0.15) is 6.04 Å². The highest BCUT2D eigenvalue weighted by Crippen LogP contribution is 2.21. The molecule has 2 rings (SSSR count). The summed E-state index contributed by atoms with van der Waals surface area (Å²) in [5.74, 6) is -0.453. The minimum atomic E-state index is -0.778. The SMILES string of the molecule is COC(=O)C(N)c1c(C)nc2sccn12. The standard InChI is InChI=1S/C9H11N3O2S/c1-5-7(6(10)8(13)14-2)12-3-4-15-9(12)11-5/h3-4,6H,10H2,1-2H3. The molecule has 0 radical (unpaired) electrons. The Labute approximate surface area is 90.5 Å². The van der Waals surface area contributed by atoms with Gasteiger partial charge in [-0.3, -0.25) is 4.40 Å². The maximum Gasteiger partial charge on any atom is 0.328 e. The molecule has 0 aliphatic heterocycles. The summed E-state index contributed by atoms with van der Waals surface area (Å²) in [6.45, 7) is 1.83. The molecular formula is C9H11N3O2S. The second kappa shape index (κ2) is 3.63. The summed E-state index contributed by atoms with van der Waals surface area (Å²) in [6.07, 6.45) is 1.85. The highest BCUT2D eigenvalue weighted by atomic mass is 32.1. The number of methoxy groups -OCH3 is 1. The van der Waals surface area contributed by atoms with Crippen LogP contribution in [0.3, 0.4) is 0 Å². The van der Waals surface area contributed by atoms with Crippen LogP contribution in [0.25, 0.3) is 4.96 Å². The number of hydrogen-bond acceptors (Lipinski definition) is 5. The van der Waals surface area contributed by atoms with Gasteiger partial charge >= 0.3 is 5.97 Å². The molecule has 2 aromatic heterocycles. The Hall–Kier alpha value is -1.40. The molecule has 0 bridgehead atoms. The molecule has 0 fully saturated rings. The number of rotatable bonds is 2. The minimum Gasteiger partial charge on any atom is -0.468 e. The molecule has 0 spiro atoms. The lowest BCUT2D eigenvalue weighted by Crippen LogP contribution is -2.24. The van der Waals surface area contributed by atoms with Crippen LogP contribution < -0.4 is 5.73 Å². The molecule has 0 aliphatic carbocycles. The fourth-order valence-electron chi connectivity index (χ4n) is 1.52. The lowest BCUT2D eigenvalue weighted by Gasteiger charge is -2.08. The van der Waals surface area contributed by atoms with Crippen LogP contribution in [0.1, 0.15) is 17.4 Å². The number of carbonyl (C=O) groups excluding carboxylic acids is 1. The van der Waals surface area contributed by atoms with E-state index in [1.807, 2.05) is 22.9 Å². The highest BCUT2D eigenvalue weighted by molar-refractivity contribution is 7.15. The molecule has 2 N–H and O–H groups in total. The molecule has 2 heterocycles. The summed E-state index contributed by atoms with van der Waals surface area (Å²) in [5.41, 5.74) is 7.25. The van der Waals surface area contributed by atoms with Crippen molar-refractivity contribution in [2.45, 2.75) is 13.0 Å². The minimum absolute atomic E-state index is 0.453. The van der Waals surface area contributed by atoms with Crippen molar-refractivity contribution in [2.24, 2.45) is 5.73 Å². The van der Waals surface area contributed by atoms with Crippen LogP contribution in [0.2, 0.25) is 0 Å². The Morgan fingerprint density at radius 3 is 3.13 bits per heavy atom. The van der Waals surface area contributed by atoms with Crippen LogP contribution in [-0.4, -0.2) is 22.5 Å². The number of nitrogens with zero attached hydrogens (tertiary/aromatic N) is 2. The van der Waals surface area contributed by atoms with Crippen LogP contribution >= 0.6 is 11.3 Å². The zero-order chi connectivity index (χ0) is 11.0. The number of ether oxygens (including phenoxy) is 1. The van der Waals surface area contributed by atoms with Crippen LogP contribution in [0.5, 0.6) is 0 Å². The van der Waals surface area contributed by atoms with Gasteiger partial charge in [0.15, 0.2) is 4.96 Å². The first kappa shape index (κ1) is 10.1. The Balaban J connectivity index is 2.53. The van der Waals surface area contributed by atoms with E-state index >= 15 is 0 Å². The monoisotopic (exact) mass is 225 g/mol. The van der Waals surface area contributed by atoms with Crippen LogP contribution in [-0.2, 0) is 9.53 Å². The van der Waals surface area contributed by atoms with E-state index in [0.717, 1.165) is 10.7 Å². The van der Waals surface area contributed by atoms with E-state index in [1.165, 1.54) is 18.4 Å². The van der Waals surface area contributed by atoms with Crippen molar-refractivity contribution >= 4 is 22.3 Å². The van der Waals surface area contributed by atoms with Crippen molar-refractivity contribution in [1.82, 2.24) is 9.38 Å². The smallest absolute Gasteiger partial charge is 0.328 e. The molecule has 5 nitrogen and oxygen atoms in total. The number of nitrogens with two attached hydrogens (primary N) is 1. The van der Waals surface area contributed by atoms with Crippen molar-refractivity contribution in [1.29, 1.82) is 0 Å². The van der Waals surface area contributed by atoms with E-state index in [-0.39, 0.29) is 0 Å². The summed E-state index contributed by atoms with van der Waals surface area (Å²) in [7, 11) is 1.32. The molecule has 0 saturated heterocycles. The second-order valence-corrected chi connectivity index (χ2v) is 4.01. The molecule has 0 amide bonds. The molecule has 6 heteroatoms. The van der Waals surface area contributed by atoms with Gasteiger partial charge in [-0.2, -0.15) is 0 Å². The Bertz CT molecular complexity index is 502. The average molecular weight is 225 g/mol. The molecule has 0 aromatic carbocycles. The molecule has 15 heavy (non-hydrogen) atoms. The first-order valence-electron chi connectivity index (χ1n) is 4.40. The zero-order valence-corrected chi connectivity index (χ0v) is 9.25. The third kappa shape index (κ3) is 1.51. The molecule has 2 aromatic rings.